The number of hydrogen-bond acceptors (Lipinski definition) is 1. The molecule has 0 spiro atoms. The van der Waals surface area contributed by atoms with E-state index in [4.69, 9.17) is 0 Å². The first-order valence-corrected chi connectivity index (χ1v) is 14.4. The zero-order valence-corrected chi connectivity index (χ0v) is 28.4. The highest BCUT2D eigenvalue weighted by atomic mass is 16.3. The minimum atomic E-state index is 0.155. The third-order valence-corrected chi connectivity index (χ3v) is 7.39. The predicted molar refractivity (Wildman–Crippen MR) is 175 cm³/mol. The molecule has 216 valence electrons. The molecule has 0 unspecified atom stereocenters. The van der Waals surface area contributed by atoms with Crippen LogP contribution in [0.15, 0.2) is 36.4 Å². The van der Waals surface area contributed by atoms with Gasteiger partial charge in [-0.2, -0.15) is 0 Å². The van der Waals surface area contributed by atoms with Crippen molar-refractivity contribution < 1.29 is 5.11 Å². The van der Waals surface area contributed by atoms with Crippen molar-refractivity contribution in [1.29, 1.82) is 0 Å². The van der Waals surface area contributed by atoms with Crippen molar-refractivity contribution in [3.05, 3.63) is 97.6 Å². The Hall–Kier alpha value is -2.54. The van der Waals surface area contributed by atoms with E-state index in [-0.39, 0.29) is 16.2 Å². The molecule has 1 nitrogen and oxygen atoms in total. The summed E-state index contributed by atoms with van der Waals surface area (Å²) in [6.07, 6.45) is 0. The normalized spacial score (nSPS) is 11.8. The molecule has 0 bridgehead atoms. The van der Waals surface area contributed by atoms with Gasteiger partial charge in [0.15, 0.2) is 0 Å². The maximum atomic E-state index is 9.38. The van der Waals surface area contributed by atoms with Crippen molar-refractivity contribution in [1.82, 2.24) is 0 Å². The SMILES string of the molecule is Cc1cc(C)c(C(C)(C)C)c(C)c1.Cc1cc(O)cc(C)c1C(C)(C)C.Cc1ccc(C)c(C(C)(C)C)c1C. The molecule has 0 saturated carbocycles. The van der Waals surface area contributed by atoms with Crippen molar-refractivity contribution in [3.63, 3.8) is 0 Å². The van der Waals surface area contributed by atoms with Crippen LogP contribution in [-0.2, 0) is 16.2 Å². The molecule has 0 saturated heterocycles. The fourth-order valence-electron chi connectivity index (χ4n) is 6.59. The van der Waals surface area contributed by atoms with E-state index in [1.54, 1.807) is 0 Å². The first-order chi connectivity index (χ1) is 17.5. The van der Waals surface area contributed by atoms with E-state index in [1.807, 2.05) is 26.0 Å². The summed E-state index contributed by atoms with van der Waals surface area (Å²) in [6, 6.07) is 12.6. The van der Waals surface area contributed by atoms with Gasteiger partial charge in [-0.3, -0.25) is 0 Å². The van der Waals surface area contributed by atoms with Crippen molar-refractivity contribution in [3.8, 4) is 5.75 Å². The Bertz CT molecular complexity index is 1150. The van der Waals surface area contributed by atoms with Crippen LogP contribution in [0.25, 0.3) is 0 Å². The summed E-state index contributed by atoms with van der Waals surface area (Å²) in [5, 5.41) is 9.38. The van der Waals surface area contributed by atoms with Gasteiger partial charge >= 0.3 is 0 Å². The zero-order chi connectivity index (χ0) is 30.7. The van der Waals surface area contributed by atoms with Gasteiger partial charge < -0.3 is 5.11 Å². The molecular formula is C38H58O. The number of phenolic OH excluding ortho intramolecular Hbond substituents is 1. The Morgan fingerprint density at radius 2 is 0.718 bits per heavy atom. The lowest BCUT2D eigenvalue weighted by Gasteiger charge is -2.25. The lowest BCUT2D eigenvalue weighted by atomic mass is 9.80. The highest BCUT2D eigenvalue weighted by Crippen LogP contribution is 2.32. The highest BCUT2D eigenvalue weighted by molar-refractivity contribution is 5.45. The van der Waals surface area contributed by atoms with Gasteiger partial charge in [0, 0.05) is 0 Å². The van der Waals surface area contributed by atoms with E-state index in [0.717, 1.165) is 0 Å². The minimum absolute atomic E-state index is 0.155. The summed E-state index contributed by atoms with van der Waals surface area (Å²) in [7, 11) is 0. The van der Waals surface area contributed by atoms with Crippen LogP contribution >= 0.6 is 0 Å². The molecule has 1 heteroatoms. The van der Waals surface area contributed by atoms with E-state index in [0.29, 0.717) is 5.75 Å². The smallest absolute Gasteiger partial charge is 0.116 e. The molecule has 0 aliphatic heterocycles. The summed E-state index contributed by atoms with van der Waals surface area (Å²) in [6.45, 7) is 37.5. The van der Waals surface area contributed by atoms with Crippen molar-refractivity contribution in [2.45, 2.75) is 134 Å². The van der Waals surface area contributed by atoms with E-state index in [9.17, 15) is 5.11 Å². The van der Waals surface area contributed by atoms with Crippen molar-refractivity contribution in [2.24, 2.45) is 0 Å². The molecule has 0 heterocycles. The molecule has 0 aromatic heterocycles. The predicted octanol–water partition coefficient (Wildman–Crippen LogP) is 11.1. The minimum Gasteiger partial charge on any atom is -0.508 e. The van der Waals surface area contributed by atoms with Gasteiger partial charge in [0.2, 0.25) is 0 Å². The zero-order valence-electron chi connectivity index (χ0n) is 28.4. The van der Waals surface area contributed by atoms with Gasteiger partial charge in [-0.1, -0.05) is 92.1 Å². The van der Waals surface area contributed by atoms with Crippen LogP contribution in [0, 0.1) is 55.4 Å². The maximum absolute atomic E-state index is 9.38. The van der Waals surface area contributed by atoms with Crippen LogP contribution < -0.4 is 0 Å². The third kappa shape index (κ3) is 9.55. The number of aromatic hydroxyl groups is 1. The van der Waals surface area contributed by atoms with Gasteiger partial charge in [0.1, 0.15) is 5.75 Å². The second-order valence-electron chi connectivity index (χ2n) is 14.7. The second kappa shape index (κ2) is 12.8. The Morgan fingerprint density at radius 3 is 1.03 bits per heavy atom. The summed E-state index contributed by atoms with van der Waals surface area (Å²) in [5.41, 5.74) is 15.8. The molecule has 0 radical (unpaired) electrons. The first-order valence-electron chi connectivity index (χ1n) is 14.4. The monoisotopic (exact) mass is 530 g/mol. The van der Waals surface area contributed by atoms with Crippen LogP contribution in [0.3, 0.4) is 0 Å². The Balaban J connectivity index is 0.000000292. The molecule has 0 fully saturated rings. The molecule has 0 atom stereocenters. The van der Waals surface area contributed by atoms with Crippen molar-refractivity contribution >= 4 is 0 Å². The third-order valence-electron chi connectivity index (χ3n) is 7.39. The maximum Gasteiger partial charge on any atom is 0.116 e. The number of hydrogen-bond donors (Lipinski definition) is 1. The lowest BCUT2D eigenvalue weighted by molar-refractivity contribution is 0.472. The van der Waals surface area contributed by atoms with Gasteiger partial charge in [-0.25, -0.2) is 0 Å². The molecule has 3 aromatic carbocycles. The molecule has 0 amide bonds. The van der Waals surface area contributed by atoms with E-state index < -0.39 is 0 Å². The summed E-state index contributed by atoms with van der Waals surface area (Å²) in [5.74, 6) is 0.364. The average molecular weight is 531 g/mol. The molecule has 0 aliphatic carbocycles. The number of rotatable bonds is 0. The molecule has 0 aliphatic rings. The van der Waals surface area contributed by atoms with E-state index in [2.05, 4.69) is 128 Å². The average Bonchev–Trinajstić information content (AvgIpc) is 2.67. The van der Waals surface area contributed by atoms with E-state index in [1.165, 1.54) is 61.2 Å². The molecule has 1 N–H and O–H groups in total. The van der Waals surface area contributed by atoms with Gasteiger partial charge in [-0.05, 0) is 139 Å². The molecule has 3 rings (SSSR count). The van der Waals surface area contributed by atoms with Gasteiger partial charge in [0.25, 0.3) is 0 Å². The number of phenols is 1. The molecule has 39 heavy (non-hydrogen) atoms. The Kier molecular flexibility index (Phi) is 11.3. The largest absolute Gasteiger partial charge is 0.508 e. The molecule has 3 aromatic rings. The topological polar surface area (TPSA) is 20.2 Å². The number of aryl methyl sites for hydroxylation is 7. The van der Waals surface area contributed by atoms with Crippen LogP contribution in [-0.4, -0.2) is 5.11 Å². The summed E-state index contributed by atoms with van der Waals surface area (Å²) >= 11 is 0. The number of benzene rings is 3. The second-order valence-corrected chi connectivity index (χ2v) is 14.7. The van der Waals surface area contributed by atoms with Crippen molar-refractivity contribution in [2.75, 3.05) is 0 Å². The Labute approximate surface area is 242 Å². The fraction of sp³-hybridized carbons (Fsp3) is 0.526. The summed E-state index contributed by atoms with van der Waals surface area (Å²) < 4.78 is 0. The van der Waals surface area contributed by atoms with Gasteiger partial charge in [-0.15, -0.1) is 0 Å². The van der Waals surface area contributed by atoms with Crippen LogP contribution in [0.5, 0.6) is 5.75 Å². The van der Waals surface area contributed by atoms with Crippen LogP contribution in [0.1, 0.15) is 124 Å². The van der Waals surface area contributed by atoms with Gasteiger partial charge in [0.05, 0.1) is 0 Å². The van der Waals surface area contributed by atoms with Crippen LogP contribution in [0.2, 0.25) is 0 Å². The highest BCUT2D eigenvalue weighted by Gasteiger charge is 2.20. The first kappa shape index (κ1) is 34.5. The Morgan fingerprint density at radius 1 is 0.410 bits per heavy atom. The molecular weight excluding hydrogens is 472 g/mol. The van der Waals surface area contributed by atoms with E-state index >= 15 is 0 Å². The van der Waals surface area contributed by atoms with Crippen LogP contribution in [0.4, 0.5) is 0 Å². The quantitative estimate of drug-likeness (QED) is 0.306. The standard InChI is InChI=1S/2C13H20.C12H18O/c1-9-7-10(2)12(11(3)8-9)13(4,5)6;1-9-7-8-10(2)12(11(9)3)13(4,5)6;1-8-6-10(13)7-9(2)11(8)12(3,4)5/h2*7-8H,1-6H3;6-7,13H,1-5H3. The lowest BCUT2D eigenvalue weighted by Crippen LogP contribution is -2.15. The summed E-state index contributed by atoms with van der Waals surface area (Å²) in [4.78, 5) is 0. The fourth-order valence-corrected chi connectivity index (χ4v) is 6.59.